The highest BCUT2D eigenvalue weighted by atomic mass is 16.5. The van der Waals surface area contributed by atoms with Gasteiger partial charge in [-0.2, -0.15) is 0 Å². The average molecular weight is 374 g/mol. The lowest BCUT2D eigenvalue weighted by Gasteiger charge is -2.40. The van der Waals surface area contributed by atoms with Crippen LogP contribution in [0.15, 0.2) is 66.9 Å². The summed E-state index contributed by atoms with van der Waals surface area (Å²) in [4.78, 5) is 6.72. The molecule has 0 atom stereocenters. The van der Waals surface area contributed by atoms with E-state index in [1.807, 2.05) is 24.4 Å². The van der Waals surface area contributed by atoms with E-state index in [1.54, 1.807) is 7.11 Å². The van der Waals surface area contributed by atoms with Gasteiger partial charge in [0.1, 0.15) is 12.4 Å². The fraction of sp³-hybridized carbons (Fsp3) is 0.292. The number of rotatable bonds is 7. The molecule has 3 aromatic rings. The maximum Gasteiger partial charge on any atom is 0.161 e. The van der Waals surface area contributed by atoms with E-state index in [2.05, 4.69) is 59.3 Å². The number of ether oxygens (including phenoxy) is 2. The topological polar surface area (TPSA) is 34.6 Å². The van der Waals surface area contributed by atoms with Crippen LogP contribution in [0.4, 0.5) is 5.82 Å². The minimum atomic E-state index is 0.492. The molecule has 144 valence electrons. The van der Waals surface area contributed by atoms with Crippen molar-refractivity contribution in [2.45, 2.75) is 25.9 Å². The standard InChI is InChI=1S/C24H26N2O2/c1-3-18-7-9-19(10-8-18)17-28-22-12-11-20(14-23(22)27-2)21-15-26(16-21)24-6-4-5-13-25-24/h4-14,21H,3,15-17H2,1-2H3. The molecule has 1 aliphatic heterocycles. The van der Waals surface area contributed by atoms with E-state index < -0.39 is 0 Å². The van der Waals surface area contributed by atoms with Gasteiger partial charge in [0.2, 0.25) is 0 Å². The van der Waals surface area contributed by atoms with Crippen molar-refractivity contribution in [3.05, 3.63) is 83.6 Å². The molecule has 0 spiro atoms. The first kappa shape index (κ1) is 18.4. The first-order valence-electron chi connectivity index (χ1n) is 9.81. The van der Waals surface area contributed by atoms with Crippen molar-refractivity contribution in [1.29, 1.82) is 0 Å². The number of nitrogens with zero attached hydrogens (tertiary/aromatic N) is 2. The van der Waals surface area contributed by atoms with E-state index in [0.717, 1.165) is 42.4 Å². The van der Waals surface area contributed by atoms with Gasteiger partial charge in [0, 0.05) is 25.2 Å². The molecule has 1 saturated heterocycles. The number of aromatic nitrogens is 1. The first-order chi connectivity index (χ1) is 13.8. The zero-order valence-electron chi connectivity index (χ0n) is 16.5. The fourth-order valence-electron chi connectivity index (χ4n) is 3.51. The van der Waals surface area contributed by atoms with Crippen LogP contribution < -0.4 is 14.4 Å². The van der Waals surface area contributed by atoms with E-state index in [1.165, 1.54) is 11.1 Å². The Labute approximate surface area is 166 Å². The monoisotopic (exact) mass is 374 g/mol. The molecule has 28 heavy (non-hydrogen) atoms. The zero-order chi connectivity index (χ0) is 19.3. The van der Waals surface area contributed by atoms with Crippen LogP contribution in [0, 0.1) is 0 Å². The molecule has 0 amide bonds. The third-order valence-corrected chi connectivity index (χ3v) is 5.34. The highest BCUT2D eigenvalue weighted by Gasteiger charge is 2.29. The smallest absolute Gasteiger partial charge is 0.161 e. The van der Waals surface area contributed by atoms with Gasteiger partial charge in [-0.1, -0.05) is 43.3 Å². The number of hydrogen-bond donors (Lipinski definition) is 0. The molecule has 1 aliphatic rings. The van der Waals surface area contributed by atoms with Crippen molar-refractivity contribution in [3.8, 4) is 11.5 Å². The predicted molar refractivity (Wildman–Crippen MR) is 112 cm³/mol. The van der Waals surface area contributed by atoms with Gasteiger partial charge in [0.05, 0.1) is 7.11 Å². The number of anilines is 1. The number of methoxy groups -OCH3 is 1. The van der Waals surface area contributed by atoms with E-state index >= 15 is 0 Å². The molecule has 4 nitrogen and oxygen atoms in total. The Morgan fingerprint density at radius 2 is 1.75 bits per heavy atom. The third kappa shape index (κ3) is 3.96. The van der Waals surface area contributed by atoms with Gasteiger partial charge in [0.15, 0.2) is 11.5 Å². The fourth-order valence-corrected chi connectivity index (χ4v) is 3.51. The van der Waals surface area contributed by atoms with Crippen molar-refractivity contribution in [3.63, 3.8) is 0 Å². The lowest BCUT2D eigenvalue weighted by atomic mass is 9.91. The van der Waals surface area contributed by atoms with Crippen LogP contribution in [0.5, 0.6) is 11.5 Å². The molecule has 1 aromatic heterocycles. The summed E-state index contributed by atoms with van der Waals surface area (Å²) in [5, 5.41) is 0. The van der Waals surface area contributed by atoms with Crippen LogP contribution in [0.3, 0.4) is 0 Å². The van der Waals surface area contributed by atoms with Crippen molar-refractivity contribution in [2.75, 3.05) is 25.1 Å². The normalized spacial score (nSPS) is 13.9. The Morgan fingerprint density at radius 1 is 0.964 bits per heavy atom. The maximum atomic E-state index is 6.02. The van der Waals surface area contributed by atoms with E-state index in [0.29, 0.717) is 12.5 Å². The highest BCUT2D eigenvalue weighted by molar-refractivity contribution is 5.49. The molecular weight excluding hydrogens is 348 g/mol. The lowest BCUT2D eigenvalue weighted by Crippen LogP contribution is -2.45. The second-order valence-corrected chi connectivity index (χ2v) is 7.16. The van der Waals surface area contributed by atoms with Crippen LogP contribution >= 0.6 is 0 Å². The predicted octanol–water partition coefficient (Wildman–Crippen LogP) is 4.84. The zero-order valence-corrected chi connectivity index (χ0v) is 16.5. The number of hydrogen-bond acceptors (Lipinski definition) is 4. The minimum absolute atomic E-state index is 0.492. The molecule has 2 aromatic carbocycles. The van der Waals surface area contributed by atoms with Gasteiger partial charge in [-0.25, -0.2) is 4.98 Å². The highest BCUT2D eigenvalue weighted by Crippen LogP contribution is 2.36. The Hall–Kier alpha value is -3.01. The molecule has 4 heteroatoms. The Morgan fingerprint density at radius 3 is 2.43 bits per heavy atom. The molecule has 1 fully saturated rings. The molecule has 2 heterocycles. The van der Waals surface area contributed by atoms with Crippen LogP contribution in [-0.4, -0.2) is 25.2 Å². The number of aryl methyl sites for hydroxylation is 1. The second-order valence-electron chi connectivity index (χ2n) is 7.16. The van der Waals surface area contributed by atoms with Gasteiger partial charge >= 0.3 is 0 Å². The van der Waals surface area contributed by atoms with E-state index in [-0.39, 0.29) is 0 Å². The molecule has 0 saturated carbocycles. The van der Waals surface area contributed by atoms with Crippen LogP contribution in [0.25, 0.3) is 0 Å². The molecule has 0 unspecified atom stereocenters. The summed E-state index contributed by atoms with van der Waals surface area (Å²) in [6.07, 6.45) is 2.89. The van der Waals surface area contributed by atoms with Crippen molar-refractivity contribution >= 4 is 5.82 Å². The van der Waals surface area contributed by atoms with Crippen molar-refractivity contribution < 1.29 is 9.47 Å². The van der Waals surface area contributed by atoms with Gasteiger partial charge < -0.3 is 14.4 Å². The quantitative estimate of drug-likeness (QED) is 0.593. The van der Waals surface area contributed by atoms with Gasteiger partial charge in [-0.05, 0) is 47.4 Å². The summed E-state index contributed by atoms with van der Waals surface area (Å²) < 4.78 is 11.6. The summed E-state index contributed by atoms with van der Waals surface area (Å²) in [5.41, 5.74) is 3.78. The molecule has 4 rings (SSSR count). The minimum Gasteiger partial charge on any atom is -0.493 e. The van der Waals surface area contributed by atoms with Crippen molar-refractivity contribution in [1.82, 2.24) is 4.98 Å². The maximum absolute atomic E-state index is 6.02. The molecule has 0 N–H and O–H groups in total. The summed E-state index contributed by atoms with van der Waals surface area (Å²) in [5.74, 6) is 3.11. The van der Waals surface area contributed by atoms with Gasteiger partial charge in [0.25, 0.3) is 0 Å². The van der Waals surface area contributed by atoms with E-state index in [9.17, 15) is 0 Å². The Bertz CT molecular complexity index is 904. The summed E-state index contributed by atoms with van der Waals surface area (Å²) in [7, 11) is 1.70. The van der Waals surface area contributed by atoms with Crippen LogP contribution in [-0.2, 0) is 13.0 Å². The van der Waals surface area contributed by atoms with Crippen LogP contribution in [0.2, 0.25) is 0 Å². The first-order valence-corrected chi connectivity index (χ1v) is 9.81. The lowest BCUT2D eigenvalue weighted by molar-refractivity contribution is 0.284. The van der Waals surface area contributed by atoms with Crippen LogP contribution in [0.1, 0.15) is 29.5 Å². The Kier molecular flexibility index (Phi) is 5.47. The summed E-state index contributed by atoms with van der Waals surface area (Å²) in [6.45, 7) is 4.65. The van der Waals surface area contributed by atoms with Crippen molar-refractivity contribution in [2.24, 2.45) is 0 Å². The van der Waals surface area contributed by atoms with Gasteiger partial charge in [-0.3, -0.25) is 0 Å². The van der Waals surface area contributed by atoms with Gasteiger partial charge in [-0.15, -0.1) is 0 Å². The second kappa shape index (κ2) is 8.34. The average Bonchev–Trinajstić information content (AvgIpc) is 2.72. The molecule has 0 bridgehead atoms. The molecular formula is C24H26N2O2. The SMILES string of the molecule is CCc1ccc(COc2ccc(C3CN(c4ccccn4)C3)cc2OC)cc1. The van der Waals surface area contributed by atoms with E-state index in [4.69, 9.17) is 9.47 Å². The number of pyridine rings is 1. The summed E-state index contributed by atoms with van der Waals surface area (Å²) >= 11 is 0. The molecule has 0 radical (unpaired) electrons. The largest absolute Gasteiger partial charge is 0.493 e. The Balaban J connectivity index is 1.39. The third-order valence-electron chi connectivity index (χ3n) is 5.34. The molecule has 0 aliphatic carbocycles. The summed E-state index contributed by atoms with van der Waals surface area (Å²) in [6, 6.07) is 20.9. The number of benzene rings is 2.